The topological polar surface area (TPSA) is 59.5 Å². The lowest BCUT2D eigenvalue weighted by Gasteiger charge is -2.28. The van der Waals surface area contributed by atoms with Crippen LogP contribution in [0.2, 0.25) is 0 Å². The summed E-state index contributed by atoms with van der Waals surface area (Å²) in [5, 5.41) is 3.32. The number of methoxy groups -OCH3 is 1. The summed E-state index contributed by atoms with van der Waals surface area (Å²) >= 11 is 0. The minimum Gasteiger partial charge on any atom is -0.496 e. The van der Waals surface area contributed by atoms with Crippen molar-refractivity contribution in [2.75, 3.05) is 38.2 Å². The fourth-order valence-electron chi connectivity index (χ4n) is 2.43. The van der Waals surface area contributed by atoms with E-state index < -0.39 is 0 Å². The van der Waals surface area contributed by atoms with Gasteiger partial charge in [0.15, 0.2) is 5.82 Å². The highest BCUT2D eigenvalue weighted by molar-refractivity contribution is 5.85. The molecule has 1 aromatic heterocycles. The lowest BCUT2D eigenvalue weighted by atomic mass is 10.2. The minimum absolute atomic E-state index is 0. The molecule has 0 saturated carbocycles. The average molecular weight is 373 g/mol. The van der Waals surface area contributed by atoms with Crippen LogP contribution in [0.5, 0.6) is 11.6 Å². The number of rotatable bonds is 5. The van der Waals surface area contributed by atoms with E-state index in [9.17, 15) is 0 Å². The van der Waals surface area contributed by atoms with Gasteiger partial charge in [-0.15, -0.1) is 24.8 Å². The normalized spacial score (nSPS) is 13.5. The van der Waals surface area contributed by atoms with Gasteiger partial charge in [0.2, 0.25) is 5.88 Å². The maximum absolute atomic E-state index is 5.77. The van der Waals surface area contributed by atoms with Crippen LogP contribution in [0, 0.1) is 0 Å². The standard InChI is InChI=1S/C16H20N4O2.2ClH/c1-21-14-5-3-2-4-13(14)12-22-16-11-18-10-15(19-16)20-8-6-17-7-9-20;;/h2-5,10-11,17H,6-9,12H2,1H3;2*1H. The van der Waals surface area contributed by atoms with Gasteiger partial charge in [0.05, 0.1) is 19.5 Å². The molecule has 2 heterocycles. The lowest BCUT2D eigenvalue weighted by Crippen LogP contribution is -2.43. The van der Waals surface area contributed by atoms with Crippen molar-refractivity contribution < 1.29 is 9.47 Å². The van der Waals surface area contributed by atoms with Crippen LogP contribution in [0.4, 0.5) is 5.82 Å². The Kier molecular flexibility index (Phi) is 8.60. The molecule has 1 saturated heterocycles. The highest BCUT2D eigenvalue weighted by Gasteiger charge is 2.13. The molecule has 1 aliphatic heterocycles. The van der Waals surface area contributed by atoms with Crippen molar-refractivity contribution in [3.05, 3.63) is 42.2 Å². The van der Waals surface area contributed by atoms with E-state index in [0.717, 1.165) is 43.3 Å². The predicted octanol–water partition coefficient (Wildman–Crippen LogP) is 2.32. The Hall–Kier alpha value is -1.76. The summed E-state index contributed by atoms with van der Waals surface area (Å²) in [6, 6.07) is 7.80. The van der Waals surface area contributed by atoms with E-state index in [1.54, 1.807) is 19.5 Å². The third-order valence-electron chi connectivity index (χ3n) is 3.61. The predicted molar refractivity (Wildman–Crippen MR) is 98.9 cm³/mol. The summed E-state index contributed by atoms with van der Waals surface area (Å²) in [6.07, 6.45) is 3.42. The third-order valence-corrected chi connectivity index (χ3v) is 3.61. The van der Waals surface area contributed by atoms with Crippen molar-refractivity contribution in [3.8, 4) is 11.6 Å². The summed E-state index contributed by atoms with van der Waals surface area (Å²) in [7, 11) is 1.66. The molecule has 0 spiro atoms. The Morgan fingerprint density at radius 2 is 1.88 bits per heavy atom. The molecule has 3 rings (SSSR count). The summed E-state index contributed by atoms with van der Waals surface area (Å²) in [5.74, 6) is 2.20. The van der Waals surface area contributed by atoms with Crippen LogP contribution in [-0.4, -0.2) is 43.3 Å². The summed E-state index contributed by atoms with van der Waals surface area (Å²) in [4.78, 5) is 11.0. The van der Waals surface area contributed by atoms with Gasteiger partial charge in [0.1, 0.15) is 12.4 Å². The van der Waals surface area contributed by atoms with Crippen LogP contribution in [0.25, 0.3) is 0 Å². The molecule has 8 heteroatoms. The number of hydrogen-bond acceptors (Lipinski definition) is 6. The molecule has 132 valence electrons. The Morgan fingerprint density at radius 1 is 1.12 bits per heavy atom. The second kappa shape index (κ2) is 10.2. The monoisotopic (exact) mass is 372 g/mol. The second-order valence-electron chi connectivity index (χ2n) is 5.05. The number of benzene rings is 1. The van der Waals surface area contributed by atoms with Gasteiger partial charge in [-0.3, -0.25) is 4.98 Å². The number of aromatic nitrogens is 2. The highest BCUT2D eigenvalue weighted by atomic mass is 35.5. The number of para-hydroxylation sites is 1. The van der Waals surface area contributed by atoms with Crippen LogP contribution in [0.1, 0.15) is 5.56 Å². The quantitative estimate of drug-likeness (QED) is 0.868. The summed E-state index contributed by atoms with van der Waals surface area (Å²) < 4.78 is 11.1. The number of nitrogens with zero attached hydrogens (tertiary/aromatic N) is 3. The summed E-state index contributed by atoms with van der Waals surface area (Å²) in [5.41, 5.74) is 0.986. The molecule has 0 atom stereocenters. The molecule has 0 bridgehead atoms. The Balaban J connectivity index is 0.00000144. The molecular formula is C16H22Cl2N4O2. The number of ether oxygens (including phenoxy) is 2. The van der Waals surface area contributed by atoms with Crippen molar-refractivity contribution in [1.29, 1.82) is 0 Å². The van der Waals surface area contributed by atoms with E-state index in [2.05, 4.69) is 20.2 Å². The van der Waals surface area contributed by atoms with Gasteiger partial charge < -0.3 is 19.7 Å². The Labute approximate surface area is 154 Å². The van der Waals surface area contributed by atoms with E-state index >= 15 is 0 Å². The smallest absolute Gasteiger partial charge is 0.234 e. The van der Waals surface area contributed by atoms with Crippen molar-refractivity contribution >= 4 is 30.6 Å². The van der Waals surface area contributed by atoms with Gasteiger partial charge in [0.25, 0.3) is 0 Å². The first kappa shape index (κ1) is 20.3. The number of hydrogen-bond donors (Lipinski definition) is 1. The van der Waals surface area contributed by atoms with Crippen LogP contribution in [0.15, 0.2) is 36.7 Å². The molecule has 1 fully saturated rings. The second-order valence-corrected chi connectivity index (χ2v) is 5.05. The van der Waals surface area contributed by atoms with Crippen molar-refractivity contribution in [2.24, 2.45) is 0 Å². The number of nitrogens with one attached hydrogen (secondary N) is 1. The molecule has 1 aliphatic rings. The number of piperazine rings is 1. The maximum atomic E-state index is 5.77. The molecule has 0 aliphatic carbocycles. The average Bonchev–Trinajstić information content (AvgIpc) is 2.61. The van der Waals surface area contributed by atoms with E-state index in [1.807, 2.05) is 24.3 Å². The zero-order valence-electron chi connectivity index (χ0n) is 13.5. The van der Waals surface area contributed by atoms with E-state index in [1.165, 1.54) is 0 Å². The molecule has 24 heavy (non-hydrogen) atoms. The van der Waals surface area contributed by atoms with Gasteiger partial charge in [0, 0.05) is 31.7 Å². The zero-order valence-corrected chi connectivity index (χ0v) is 15.1. The SMILES string of the molecule is COc1ccccc1COc1cncc(N2CCNCC2)n1.Cl.Cl. The number of halogens is 2. The molecule has 2 aromatic rings. The number of anilines is 1. The molecule has 0 unspecified atom stereocenters. The first-order chi connectivity index (χ1) is 10.9. The van der Waals surface area contributed by atoms with Gasteiger partial charge in [-0.05, 0) is 6.07 Å². The molecule has 1 aromatic carbocycles. The van der Waals surface area contributed by atoms with Crippen molar-refractivity contribution in [1.82, 2.24) is 15.3 Å². The molecular weight excluding hydrogens is 351 g/mol. The minimum atomic E-state index is 0. The van der Waals surface area contributed by atoms with E-state index in [4.69, 9.17) is 9.47 Å². The Bertz CT molecular complexity index is 625. The summed E-state index contributed by atoms with van der Waals surface area (Å²) in [6.45, 7) is 4.21. The lowest BCUT2D eigenvalue weighted by molar-refractivity contribution is 0.284. The third kappa shape index (κ3) is 5.12. The zero-order chi connectivity index (χ0) is 15.2. The molecule has 1 N–H and O–H groups in total. The first-order valence-electron chi connectivity index (χ1n) is 7.39. The molecule has 0 radical (unpaired) electrons. The van der Waals surface area contributed by atoms with Gasteiger partial charge in [-0.1, -0.05) is 18.2 Å². The highest BCUT2D eigenvalue weighted by Crippen LogP contribution is 2.20. The van der Waals surface area contributed by atoms with Crippen molar-refractivity contribution in [3.63, 3.8) is 0 Å². The van der Waals surface area contributed by atoms with Crippen LogP contribution < -0.4 is 19.7 Å². The fourth-order valence-corrected chi connectivity index (χ4v) is 2.43. The van der Waals surface area contributed by atoms with Crippen molar-refractivity contribution in [2.45, 2.75) is 6.61 Å². The fraction of sp³-hybridized carbons (Fsp3) is 0.375. The van der Waals surface area contributed by atoms with E-state index in [-0.39, 0.29) is 24.8 Å². The van der Waals surface area contributed by atoms with Crippen LogP contribution in [-0.2, 0) is 6.61 Å². The molecule has 6 nitrogen and oxygen atoms in total. The van der Waals surface area contributed by atoms with Gasteiger partial charge >= 0.3 is 0 Å². The largest absolute Gasteiger partial charge is 0.496 e. The maximum Gasteiger partial charge on any atom is 0.234 e. The first-order valence-corrected chi connectivity index (χ1v) is 7.39. The van der Waals surface area contributed by atoms with Crippen LogP contribution >= 0.6 is 24.8 Å². The van der Waals surface area contributed by atoms with E-state index in [0.29, 0.717) is 12.5 Å². The van der Waals surface area contributed by atoms with Crippen LogP contribution in [0.3, 0.4) is 0 Å². The van der Waals surface area contributed by atoms with Gasteiger partial charge in [-0.2, -0.15) is 4.98 Å². The Morgan fingerprint density at radius 3 is 2.62 bits per heavy atom. The van der Waals surface area contributed by atoms with Gasteiger partial charge in [-0.25, -0.2) is 0 Å². The molecule has 0 amide bonds.